The van der Waals surface area contributed by atoms with E-state index in [9.17, 15) is 9.59 Å². The van der Waals surface area contributed by atoms with Crippen LogP contribution in [0.2, 0.25) is 15.1 Å². The number of halogens is 3. The average molecular weight is 406 g/mol. The summed E-state index contributed by atoms with van der Waals surface area (Å²) in [5.74, 6) is -1.54. The van der Waals surface area contributed by atoms with Crippen molar-refractivity contribution in [1.82, 2.24) is 0 Å². The first-order chi connectivity index (χ1) is 11.7. The first kappa shape index (κ1) is 21.1. The van der Waals surface area contributed by atoms with E-state index in [0.29, 0.717) is 0 Å². The van der Waals surface area contributed by atoms with Gasteiger partial charge in [-0.15, -0.1) is 0 Å². The highest BCUT2D eigenvalue weighted by molar-refractivity contribution is 6.47. The number of benzene rings is 1. The Bertz CT molecular complexity index is 755. The average Bonchev–Trinajstić information content (AvgIpc) is 2.52. The zero-order chi connectivity index (χ0) is 19.1. The van der Waals surface area contributed by atoms with Gasteiger partial charge in [0.25, 0.3) is 0 Å². The number of esters is 2. The van der Waals surface area contributed by atoms with Crippen LogP contribution in [0.15, 0.2) is 17.8 Å². The van der Waals surface area contributed by atoms with Crippen LogP contribution in [-0.4, -0.2) is 24.6 Å². The molecule has 0 aromatic heterocycles. The molecule has 1 aromatic rings. The Hall–Kier alpha value is -1.94. The maximum absolute atomic E-state index is 12.0. The summed E-state index contributed by atoms with van der Waals surface area (Å²) < 4.78 is 9.83. The lowest BCUT2D eigenvalue weighted by Gasteiger charge is -2.13. The molecule has 25 heavy (non-hydrogen) atoms. The van der Waals surface area contributed by atoms with Gasteiger partial charge in [0.15, 0.2) is 5.57 Å². The zero-order valence-electron chi connectivity index (χ0n) is 13.7. The van der Waals surface area contributed by atoms with Crippen LogP contribution in [-0.2, 0) is 14.3 Å². The first-order valence-electron chi connectivity index (χ1n) is 7.15. The van der Waals surface area contributed by atoms with E-state index in [1.54, 1.807) is 26.8 Å². The monoisotopic (exact) mass is 404 g/mol. The molecule has 1 N–H and O–H groups in total. The number of nitriles is 1. The second-order valence-corrected chi connectivity index (χ2v) is 6.06. The molecule has 9 heteroatoms. The minimum atomic E-state index is -0.799. The van der Waals surface area contributed by atoms with Gasteiger partial charge in [0.05, 0.1) is 33.5 Å². The van der Waals surface area contributed by atoms with Gasteiger partial charge >= 0.3 is 11.9 Å². The van der Waals surface area contributed by atoms with Crippen LogP contribution in [0.4, 0.5) is 5.69 Å². The van der Waals surface area contributed by atoms with Crippen molar-refractivity contribution in [2.24, 2.45) is 0 Å². The van der Waals surface area contributed by atoms with E-state index in [4.69, 9.17) is 49.5 Å². The Morgan fingerprint density at radius 1 is 1.32 bits per heavy atom. The minimum absolute atomic E-state index is 0.0493. The number of carbonyl (C=O) groups excluding carboxylic acids is 2. The van der Waals surface area contributed by atoms with Crippen molar-refractivity contribution in [3.05, 3.63) is 38.5 Å². The van der Waals surface area contributed by atoms with Crippen molar-refractivity contribution in [3.63, 3.8) is 0 Å². The summed E-state index contributed by atoms with van der Waals surface area (Å²) >= 11 is 18.2. The van der Waals surface area contributed by atoms with Crippen molar-refractivity contribution in [2.45, 2.75) is 26.9 Å². The third-order valence-electron chi connectivity index (χ3n) is 2.69. The van der Waals surface area contributed by atoms with Crippen LogP contribution in [0.25, 0.3) is 0 Å². The SMILES string of the molecule is CCOC(=O)c1c(Cl)c(Cl)cc(NC=C(C#N)C(=O)OC(C)C)c1Cl. The Morgan fingerprint density at radius 2 is 1.96 bits per heavy atom. The van der Waals surface area contributed by atoms with Crippen LogP contribution in [0.1, 0.15) is 31.1 Å². The summed E-state index contributed by atoms with van der Waals surface area (Å²) in [6.07, 6.45) is 0.721. The smallest absolute Gasteiger partial charge is 0.350 e. The van der Waals surface area contributed by atoms with Crippen LogP contribution in [0.3, 0.4) is 0 Å². The minimum Gasteiger partial charge on any atom is -0.462 e. The summed E-state index contributed by atoms with van der Waals surface area (Å²) in [6.45, 7) is 5.07. The van der Waals surface area contributed by atoms with Crippen LogP contribution < -0.4 is 5.32 Å². The number of rotatable bonds is 6. The van der Waals surface area contributed by atoms with Gasteiger partial charge in [-0.3, -0.25) is 0 Å². The van der Waals surface area contributed by atoms with Crippen molar-refractivity contribution in [3.8, 4) is 6.07 Å². The highest BCUT2D eigenvalue weighted by Crippen LogP contribution is 2.38. The lowest BCUT2D eigenvalue weighted by atomic mass is 10.2. The van der Waals surface area contributed by atoms with E-state index in [-0.39, 0.29) is 44.6 Å². The summed E-state index contributed by atoms with van der Waals surface area (Å²) in [5.41, 5.74) is -0.227. The molecule has 0 atom stereocenters. The van der Waals surface area contributed by atoms with E-state index >= 15 is 0 Å². The molecule has 0 aliphatic heterocycles. The molecule has 0 bridgehead atoms. The molecule has 0 unspecified atom stereocenters. The molecule has 0 spiro atoms. The molecule has 0 aliphatic carbocycles. The first-order valence-corrected chi connectivity index (χ1v) is 8.28. The molecular weight excluding hydrogens is 391 g/mol. The van der Waals surface area contributed by atoms with Gasteiger partial charge in [0.2, 0.25) is 0 Å². The molecule has 0 aliphatic rings. The highest BCUT2D eigenvalue weighted by atomic mass is 35.5. The number of hydrogen-bond acceptors (Lipinski definition) is 6. The van der Waals surface area contributed by atoms with E-state index in [1.807, 2.05) is 0 Å². The Balaban J connectivity index is 3.22. The van der Waals surface area contributed by atoms with E-state index in [0.717, 1.165) is 6.20 Å². The summed E-state index contributed by atoms with van der Waals surface area (Å²) in [4.78, 5) is 23.8. The molecule has 0 fully saturated rings. The number of nitrogens with zero attached hydrogens (tertiary/aromatic N) is 1. The molecule has 0 saturated carbocycles. The number of anilines is 1. The van der Waals surface area contributed by atoms with Gasteiger partial charge in [-0.25, -0.2) is 9.59 Å². The molecule has 0 heterocycles. The lowest BCUT2D eigenvalue weighted by molar-refractivity contribution is -0.142. The van der Waals surface area contributed by atoms with E-state index in [1.165, 1.54) is 6.07 Å². The number of ether oxygens (including phenoxy) is 2. The number of nitrogens with one attached hydrogen (secondary N) is 1. The Morgan fingerprint density at radius 3 is 2.48 bits per heavy atom. The fourth-order valence-corrected chi connectivity index (χ4v) is 2.41. The van der Waals surface area contributed by atoms with Crippen LogP contribution >= 0.6 is 34.8 Å². The Kier molecular flexibility index (Phi) is 8.04. The van der Waals surface area contributed by atoms with E-state index < -0.39 is 11.9 Å². The summed E-state index contributed by atoms with van der Waals surface area (Å²) in [7, 11) is 0. The standard InChI is InChI=1S/C16H15Cl3N2O4/c1-4-24-16(23)12-13(18)10(17)5-11(14(12)19)21-7-9(6-20)15(22)25-8(2)3/h5,7-8,21H,4H2,1-3H3. The molecule has 0 radical (unpaired) electrons. The fraction of sp³-hybridized carbons (Fsp3) is 0.312. The van der Waals surface area contributed by atoms with Crippen molar-refractivity contribution < 1.29 is 19.1 Å². The molecule has 0 saturated heterocycles. The van der Waals surface area contributed by atoms with Crippen molar-refractivity contribution in [1.29, 1.82) is 5.26 Å². The van der Waals surface area contributed by atoms with Crippen molar-refractivity contribution >= 4 is 52.4 Å². The normalized spacial score (nSPS) is 11.0. The predicted molar refractivity (Wildman–Crippen MR) is 96.0 cm³/mol. The van der Waals surface area contributed by atoms with Gasteiger partial charge in [0.1, 0.15) is 11.6 Å². The maximum atomic E-state index is 12.0. The third kappa shape index (κ3) is 5.53. The zero-order valence-corrected chi connectivity index (χ0v) is 15.9. The van der Waals surface area contributed by atoms with Gasteiger partial charge in [-0.05, 0) is 26.8 Å². The summed E-state index contributed by atoms with van der Waals surface area (Å²) in [5, 5.41) is 11.6. The third-order valence-corrected chi connectivity index (χ3v) is 3.87. The lowest BCUT2D eigenvalue weighted by Crippen LogP contribution is -2.14. The topological polar surface area (TPSA) is 88.4 Å². The molecular formula is C16H15Cl3N2O4. The second-order valence-electron chi connectivity index (χ2n) is 4.90. The molecule has 1 rings (SSSR count). The number of carbonyl (C=O) groups is 2. The van der Waals surface area contributed by atoms with E-state index in [2.05, 4.69) is 5.32 Å². The Labute approximate surface area is 160 Å². The molecule has 134 valence electrons. The van der Waals surface area contributed by atoms with Gasteiger partial charge in [0, 0.05) is 6.20 Å². The van der Waals surface area contributed by atoms with Gasteiger partial charge in [-0.2, -0.15) is 5.26 Å². The van der Waals surface area contributed by atoms with Crippen LogP contribution in [0.5, 0.6) is 0 Å². The largest absolute Gasteiger partial charge is 0.462 e. The van der Waals surface area contributed by atoms with Crippen LogP contribution in [0, 0.1) is 11.3 Å². The molecule has 1 aromatic carbocycles. The summed E-state index contributed by atoms with van der Waals surface area (Å²) in [6, 6.07) is 3.07. The molecule has 0 amide bonds. The fourth-order valence-electron chi connectivity index (χ4n) is 1.66. The highest BCUT2D eigenvalue weighted by Gasteiger charge is 2.22. The van der Waals surface area contributed by atoms with Crippen molar-refractivity contribution in [2.75, 3.05) is 11.9 Å². The number of hydrogen-bond donors (Lipinski definition) is 1. The molecule has 6 nitrogen and oxygen atoms in total. The van der Waals surface area contributed by atoms with Gasteiger partial charge in [-0.1, -0.05) is 34.8 Å². The maximum Gasteiger partial charge on any atom is 0.350 e. The quantitative estimate of drug-likeness (QED) is 0.322. The second kappa shape index (κ2) is 9.52. The van der Waals surface area contributed by atoms with Gasteiger partial charge < -0.3 is 14.8 Å². The predicted octanol–water partition coefficient (Wildman–Crippen LogP) is 4.59.